The summed E-state index contributed by atoms with van der Waals surface area (Å²) in [4.78, 5) is 8.37. The van der Waals surface area contributed by atoms with Gasteiger partial charge in [0.1, 0.15) is 5.82 Å². The smallest absolute Gasteiger partial charge is 0.142 e. The van der Waals surface area contributed by atoms with Gasteiger partial charge in [-0.25, -0.2) is 9.97 Å². The van der Waals surface area contributed by atoms with Crippen molar-refractivity contribution in [2.75, 3.05) is 0 Å². The molecule has 0 saturated carbocycles. The standard InChI is InChI=1S/C11H11N3.ClH/c12-8-11-13-7-6-10(14-11)9-4-2-1-3-5-9;/h1-7H,8,12H2;1H. The Morgan fingerprint density at radius 1 is 1.07 bits per heavy atom. The van der Waals surface area contributed by atoms with E-state index in [4.69, 9.17) is 5.73 Å². The van der Waals surface area contributed by atoms with Gasteiger partial charge >= 0.3 is 0 Å². The molecular formula is C11H12ClN3. The van der Waals surface area contributed by atoms with Crippen LogP contribution in [0.2, 0.25) is 0 Å². The Labute approximate surface area is 94.8 Å². The lowest BCUT2D eigenvalue weighted by Gasteiger charge is -2.01. The Morgan fingerprint density at radius 3 is 2.47 bits per heavy atom. The van der Waals surface area contributed by atoms with Gasteiger partial charge in [-0.1, -0.05) is 30.3 Å². The monoisotopic (exact) mass is 221 g/mol. The van der Waals surface area contributed by atoms with Gasteiger partial charge in [-0.15, -0.1) is 12.4 Å². The fourth-order valence-electron chi connectivity index (χ4n) is 1.27. The number of nitrogens with zero attached hydrogens (tertiary/aromatic N) is 2. The van der Waals surface area contributed by atoms with Crippen LogP contribution in [0.1, 0.15) is 5.82 Å². The van der Waals surface area contributed by atoms with Crippen molar-refractivity contribution >= 4 is 12.4 Å². The van der Waals surface area contributed by atoms with E-state index >= 15 is 0 Å². The van der Waals surface area contributed by atoms with E-state index in [-0.39, 0.29) is 12.4 Å². The van der Waals surface area contributed by atoms with Gasteiger partial charge in [-0.2, -0.15) is 0 Å². The number of benzene rings is 1. The van der Waals surface area contributed by atoms with E-state index in [0.29, 0.717) is 12.4 Å². The summed E-state index contributed by atoms with van der Waals surface area (Å²) in [5.74, 6) is 0.673. The number of hydrogen-bond donors (Lipinski definition) is 1. The van der Waals surface area contributed by atoms with E-state index in [1.807, 2.05) is 36.4 Å². The molecule has 2 N–H and O–H groups in total. The predicted octanol–water partition coefficient (Wildman–Crippen LogP) is 2.02. The fraction of sp³-hybridized carbons (Fsp3) is 0.0909. The summed E-state index contributed by atoms with van der Waals surface area (Å²) < 4.78 is 0. The largest absolute Gasteiger partial charge is 0.324 e. The number of halogens is 1. The zero-order chi connectivity index (χ0) is 9.80. The normalized spacial score (nSPS) is 9.40. The lowest BCUT2D eigenvalue weighted by atomic mass is 10.1. The SMILES string of the molecule is Cl.NCc1nccc(-c2ccccc2)n1. The van der Waals surface area contributed by atoms with E-state index in [1.54, 1.807) is 6.20 Å². The van der Waals surface area contributed by atoms with Crippen molar-refractivity contribution in [3.05, 3.63) is 48.4 Å². The third-order valence-electron chi connectivity index (χ3n) is 1.96. The molecule has 0 unspecified atom stereocenters. The summed E-state index contributed by atoms with van der Waals surface area (Å²) in [6, 6.07) is 11.9. The Morgan fingerprint density at radius 2 is 1.80 bits per heavy atom. The van der Waals surface area contributed by atoms with Crippen molar-refractivity contribution in [1.82, 2.24) is 9.97 Å². The molecule has 0 spiro atoms. The lowest BCUT2D eigenvalue weighted by molar-refractivity contribution is 0.912. The van der Waals surface area contributed by atoms with E-state index in [2.05, 4.69) is 9.97 Å². The lowest BCUT2D eigenvalue weighted by Crippen LogP contribution is -2.02. The van der Waals surface area contributed by atoms with Crippen molar-refractivity contribution in [2.24, 2.45) is 5.73 Å². The van der Waals surface area contributed by atoms with Crippen molar-refractivity contribution in [1.29, 1.82) is 0 Å². The first-order valence-electron chi connectivity index (χ1n) is 4.47. The van der Waals surface area contributed by atoms with Crippen LogP contribution in [0, 0.1) is 0 Å². The molecule has 78 valence electrons. The highest BCUT2D eigenvalue weighted by Gasteiger charge is 1.99. The molecule has 0 aliphatic carbocycles. The maximum atomic E-state index is 5.47. The third-order valence-corrected chi connectivity index (χ3v) is 1.96. The minimum atomic E-state index is 0. The number of hydrogen-bond acceptors (Lipinski definition) is 3. The van der Waals surface area contributed by atoms with Crippen LogP contribution in [-0.4, -0.2) is 9.97 Å². The molecule has 0 aliphatic rings. The predicted molar refractivity (Wildman–Crippen MR) is 62.6 cm³/mol. The van der Waals surface area contributed by atoms with Crippen LogP contribution in [0.3, 0.4) is 0 Å². The second kappa shape index (κ2) is 5.44. The Balaban J connectivity index is 0.00000112. The second-order valence-corrected chi connectivity index (χ2v) is 2.93. The maximum absolute atomic E-state index is 5.47. The molecule has 2 rings (SSSR count). The molecule has 4 heteroatoms. The average molecular weight is 222 g/mol. The minimum Gasteiger partial charge on any atom is -0.324 e. The molecule has 0 fully saturated rings. The molecule has 1 aromatic heterocycles. The zero-order valence-corrected chi connectivity index (χ0v) is 8.95. The Hall–Kier alpha value is -1.45. The summed E-state index contributed by atoms with van der Waals surface area (Å²) in [7, 11) is 0. The first-order chi connectivity index (χ1) is 6.90. The van der Waals surface area contributed by atoms with Gasteiger partial charge in [-0.05, 0) is 6.07 Å². The highest BCUT2D eigenvalue weighted by atomic mass is 35.5. The first kappa shape index (κ1) is 11.6. The van der Waals surface area contributed by atoms with Crippen LogP contribution in [-0.2, 0) is 6.54 Å². The summed E-state index contributed by atoms with van der Waals surface area (Å²) in [6.45, 7) is 0.376. The van der Waals surface area contributed by atoms with Gasteiger partial charge < -0.3 is 5.73 Å². The first-order valence-corrected chi connectivity index (χ1v) is 4.47. The summed E-state index contributed by atoms with van der Waals surface area (Å²) in [5, 5.41) is 0. The third kappa shape index (κ3) is 2.75. The van der Waals surface area contributed by atoms with Gasteiger partial charge in [-0.3, -0.25) is 0 Å². The fourth-order valence-corrected chi connectivity index (χ4v) is 1.27. The highest BCUT2D eigenvalue weighted by Crippen LogP contribution is 2.14. The van der Waals surface area contributed by atoms with Crippen LogP contribution in [0.15, 0.2) is 42.6 Å². The number of aromatic nitrogens is 2. The van der Waals surface area contributed by atoms with Crippen molar-refractivity contribution < 1.29 is 0 Å². The molecule has 0 aliphatic heterocycles. The van der Waals surface area contributed by atoms with Crippen LogP contribution in [0.4, 0.5) is 0 Å². The van der Waals surface area contributed by atoms with Gasteiger partial charge in [0.05, 0.1) is 12.2 Å². The van der Waals surface area contributed by atoms with Crippen LogP contribution in [0.25, 0.3) is 11.3 Å². The van der Waals surface area contributed by atoms with Gasteiger partial charge in [0.15, 0.2) is 0 Å². The van der Waals surface area contributed by atoms with Crippen molar-refractivity contribution in [3.63, 3.8) is 0 Å². The topological polar surface area (TPSA) is 51.8 Å². The van der Waals surface area contributed by atoms with Gasteiger partial charge in [0.2, 0.25) is 0 Å². The van der Waals surface area contributed by atoms with Gasteiger partial charge in [0, 0.05) is 11.8 Å². The Kier molecular flexibility index (Phi) is 4.21. The molecule has 15 heavy (non-hydrogen) atoms. The molecule has 3 nitrogen and oxygen atoms in total. The molecule has 0 amide bonds. The van der Waals surface area contributed by atoms with E-state index in [1.165, 1.54) is 0 Å². The molecule has 2 aromatic rings. The quantitative estimate of drug-likeness (QED) is 0.844. The summed E-state index contributed by atoms with van der Waals surface area (Å²) in [5.41, 5.74) is 7.48. The van der Waals surface area contributed by atoms with Crippen LogP contribution < -0.4 is 5.73 Å². The zero-order valence-electron chi connectivity index (χ0n) is 8.13. The number of nitrogens with two attached hydrogens (primary N) is 1. The Bertz CT molecular complexity index is 417. The van der Waals surface area contributed by atoms with E-state index < -0.39 is 0 Å². The summed E-state index contributed by atoms with van der Waals surface area (Å²) >= 11 is 0. The second-order valence-electron chi connectivity index (χ2n) is 2.93. The summed E-state index contributed by atoms with van der Waals surface area (Å²) in [6.07, 6.45) is 1.73. The molecule has 0 radical (unpaired) electrons. The molecule has 0 saturated heterocycles. The average Bonchev–Trinajstić information content (AvgIpc) is 2.30. The van der Waals surface area contributed by atoms with Crippen LogP contribution >= 0.6 is 12.4 Å². The molecule has 0 atom stereocenters. The maximum Gasteiger partial charge on any atom is 0.142 e. The van der Waals surface area contributed by atoms with E-state index in [0.717, 1.165) is 11.3 Å². The minimum absolute atomic E-state index is 0. The number of rotatable bonds is 2. The van der Waals surface area contributed by atoms with Crippen molar-refractivity contribution in [2.45, 2.75) is 6.54 Å². The molecular weight excluding hydrogens is 210 g/mol. The molecule has 1 heterocycles. The van der Waals surface area contributed by atoms with Gasteiger partial charge in [0.25, 0.3) is 0 Å². The van der Waals surface area contributed by atoms with E-state index in [9.17, 15) is 0 Å². The van der Waals surface area contributed by atoms with Crippen LogP contribution in [0.5, 0.6) is 0 Å². The molecule has 0 bridgehead atoms. The van der Waals surface area contributed by atoms with Crippen molar-refractivity contribution in [3.8, 4) is 11.3 Å². The molecule has 1 aromatic carbocycles. The highest BCUT2D eigenvalue weighted by molar-refractivity contribution is 5.85.